The van der Waals surface area contributed by atoms with Gasteiger partial charge in [0.05, 0.1) is 5.69 Å². The lowest BCUT2D eigenvalue weighted by Gasteiger charge is -2.10. The predicted octanol–water partition coefficient (Wildman–Crippen LogP) is 5.44. The topological polar surface area (TPSA) is 126 Å². The Balaban J connectivity index is 1.40. The number of hydrogen-bond acceptors (Lipinski definition) is 5. The number of amides is 1. The van der Waals surface area contributed by atoms with Crippen LogP contribution in [0.25, 0.3) is 22.2 Å². The molecule has 0 spiro atoms. The number of rotatable bonds is 5. The highest BCUT2D eigenvalue weighted by atomic mass is 35.5. The van der Waals surface area contributed by atoms with Gasteiger partial charge in [-0.15, -0.1) is 0 Å². The molecule has 0 aliphatic carbocycles. The van der Waals surface area contributed by atoms with Crippen LogP contribution >= 0.6 is 11.6 Å². The fourth-order valence-corrected chi connectivity index (χ4v) is 3.75. The van der Waals surface area contributed by atoms with Crippen LogP contribution in [0.3, 0.4) is 0 Å². The average Bonchev–Trinajstić information content (AvgIpc) is 3.30. The minimum absolute atomic E-state index is 0.110. The van der Waals surface area contributed by atoms with Crippen molar-refractivity contribution in [1.29, 1.82) is 5.26 Å². The van der Waals surface area contributed by atoms with Crippen LogP contribution in [0.1, 0.15) is 16.1 Å². The van der Waals surface area contributed by atoms with Gasteiger partial charge in [-0.3, -0.25) is 14.6 Å². The fourth-order valence-electron chi connectivity index (χ4n) is 3.62. The number of benzene rings is 3. The number of anilines is 3. The third kappa shape index (κ3) is 4.62. The SMILES string of the molecule is N#Cc1c(-c2ccc(NC(=O)c3cc4ccccc4[nH]3)cc2)nc(Nc2ccc(Cl)cc2)[nH]c1=O. The van der Waals surface area contributed by atoms with E-state index in [-0.39, 0.29) is 23.1 Å². The first-order valence-electron chi connectivity index (χ1n) is 10.6. The number of H-pyrrole nitrogens is 2. The number of para-hydroxylation sites is 1. The van der Waals surface area contributed by atoms with E-state index in [0.717, 1.165) is 10.9 Å². The molecule has 0 aliphatic heterocycles. The second-order valence-electron chi connectivity index (χ2n) is 7.68. The first kappa shape index (κ1) is 21.9. The maximum atomic E-state index is 12.7. The van der Waals surface area contributed by atoms with Crippen molar-refractivity contribution in [3.05, 3.63) is 105 Å². The van der Waals surface area contributed by atoms with Crippen LogP contribution in [0.5, 0.6) is 0 Å². The molecule has 0 radical (unpaired) electrons. The summed E-state index contributed by atoms with van der Waals surface area (Å²) in [5, 5.41) is 16.9. The summed E-state index contributed by atoms with van der Waals surface area (Å²) >= 11 is 5.92. The zero-order valence-corrected chi connectivity index (χ0v) is 18.9. The number of nitrogens with one attached hydrogen (secondary N) is 4. The summed E-state index contributed by atoms with van der Waals surface area (Å²) < 4.78 is 0. The Morgan fingerprint density at radius 1 is 0.943 bits per heavy atom. The number of hydrogen-bond donors (Lipinski definition) is 4. The van der Waals surface area contributed by atoms with Crippen LogP contribution in [0.15, 0.2) is 83.7 Å². The van der Waals surface area contributed by atoms with Crippen LogP contribution < -0.4 is 16.2 Å². The molecule has 0 aliphatic rings. The summed E-state index contributed by atoms with van der Waals surface area (Å²) in [6.07, 6.45) is 0. The smallest absolute Gasteiger partial charge is 0.272 e. The summed E-state index contributed by atoms with van der Waals surface area (Å²) in [5.41, 5.74) is 2.64. The molecular weight excluding hydrogens is 464 g/mol. The number of halogens is 1. The van der Waals surface area contributed by atoms with Crippen LogP contribution in [-0.2, 0) is 0 Å². The Kier molecular flexibility index (Phi) is 5.75. The molecule has 1 amide bonds. The van der Waals surface area contributed by atoms with Gasteiger partial charge in [-0.2, -0.15) is 5.26 Å². The van der Waals surface area contributed by atoms with E-state index < -0.39 is 5.56 Å². The number of carbonyl (C=O) groups excluding carboxylic acids is 1. The van der Waals surface area contributed by atoms with Crippen molar-refractivity contribution >= 4 is 45.7 Å². The number of nitrogens with zero attached hydrogens (tertiary/aromatic N) is 2. The highest BCUT2D eigenvalue weighted by molar-refractivity contribution is 6.30. The lowest BCUT2D eigenvalue weighted by Crippen LogP contribution is -2.16. The molecule has 0 bridgehead atoms. The molecule has 9 heteroatoms. The monoisotopic (exact) mass is 480 g/mol. The van der Waals surface area contributed by atoms with Gasteiger partial charge in [0.2, 0.25) is 5.95 Å². The molecule has 4 N–H and O–H groups in total. The van der Waals surface area contributed by atoms with Crippen molar-refractivity contribution in [1.82, 2.24) is 15.0 Å². The molecule has 5 rings (SSSR count). The molecule has 3 aromatic carbocycles. The maximum Gasteiger partial charge on any atom is 0.272 e. The van der Waals surface area contributed by atoms with Crippen LogP contribution in [0, 0.1) is 11.3 Å². The molecular formula is C26H17ClN6O2. The largest absolute Gasteiger partial charge is 0.351 e. The molecule has 0 atom stereocenters. The van der Waals surface area contributed by atoms with Gasteiger partial charge < -0.3 is 15.6 Å². The lowest BCUT2D eigenvalue weighted by atomic mass is 10.1. The van der Waals surface area contributed by atoms with Gasteiger partial charge in [0, 0.05) is 32.9 Å². The number of aromatic amines is 2. The number of nitriles is 1. The molecule has 8 nitrogen and oxygen atoms in total. The molecule has 5 aromatic rings. The quantitative estimate of drug-likeness (QED) is 0.266. The van der Waals surface area contributed by atoms with E-state index in [1.807, 2.05) is 30.3 Å². The first-order chi connectivity index (χ1) is 17.0. The first-order valence-corrected chi connectivity index (χ1v) is 10.9. The van der Waals surface area contributed by atoms with E-state index in [2.05, 4.69) is 25.6 Å². The summed E-state index contributed by atoms with van der Waals surface area (Å²) in [6.45, 7) is 0. The molecule has 0 fully saturated rings. The van der Waals surface area contributed by atoms with Gasteiger partial charge in [0.25, 0.3) is 11.5 Å². The third-order valence-electron chi connectivity index (χ3n) is 5.33. The molecule has 2 aromatic heterocycles. The van der Waals surface area contributed by atoms with Crippen molar-refractivity contribution in [3.8, 4) is 17.3 Å². The van der Waals surface area contributed by atoms with Crippen molar-refractivity contribution in [2.45, 2.75) is 0 Å². The van der Waals surface area contributed by atoms with Gasteiger partial charge in [0.15, 0.2) is 0 Å². The van der Waals surface area contributed by atoms with Gasteiger partial charge in [-0.25, -0.2) is 4.98 Å². The van der Waals surface area contributed by atoms with Gasteiger partial charge in [0.1, 0.15) is 17.3 Å². The number of carbonyl (C=O) groups is 1. The Bertz CT molecular complexity index is 1610. The number of fused-ring (bicyclic) bond motifs is 1. The standard InChI is InChI=1S/C26H17ClN6O2/c27-17-7-11-19(12-8-17)30-26-32-23(20(14-28)24(34)33-26)15-5-9-18(10-6-15)29-25(35)22-13-16-3-1-2-4-21(16)31-22/h1-13,31H,(H,29,35)(H2,30,32,33,34). The maximum absolute atomic E-state index is 12.7. The normalized spacial score (nSPS) is 10.6. The van der Waals surface area contributed by atoms with Crippen molar-refractivity contribution < 1.29 is 4.79 Å². The van der Waals surface area contributed by atoms with Gasteiger partial charge >= 0.3 is 0 Å². The summed E-state index contributed by atoms with van der Waals surface area (Å²) in [4.78, 5) is 35.3. The predicted molar refractivity (Wildman–Crippen MR) is 136 cm³/mol. The Hall–Kier alpha value is -4.87. The fraction of sp³-hybridized carbons (Fsp3) is 0. The van der Waals surface area contributed by atoms with E-state index in [1.165, 1.54) is 0 Å². The van der Waals surface area contributed by atoms with Crippen molar-refractivity contribution in [2.24, 2.45) is 0 Å². The van der Waals surface area contributed by atoms with Crippen molar-refractivity contribution in [2.75, 3.05) is 10.6 Å². The second kappa shape index (κ2) is 9.17. The zero-order chi connectivity index (χ0) is 24.4. The van der Waals surface area contributed by atoms with E-state index in [4.69, 9.17) is 11.6 Å². The van der Waals surface area contributed by atoms with Crippen molar-refractivity contribution in [3.63, 3.8) is 0 Å². The van der Waals surface area contributed by atoms with E-state index in [0.29, 0.717) is 27.7 Å². The Labute approximate surface area is 204 Å². The highest BCUT2D eigenvalue weighted by Crippen LogP contribution is 2.24. The molecule has 0 saturated carbocycles. The van der Waals surface area contributed by atoms with E-state index >= 15 is 0 Å². The molecule has 170 valence electrons. The minimum atomic E-state index is -0.565. The van der Waals surface area contributed by atoms with Gasteiger partial charge in [-0.1, -0.05) is 41.9 Å². The third-order valence-corrected chi connectivity index (χ3v) is 5.58. The van der Waals surface area contributed by atoms with Crippen LogP contribution in [-0.4, -0.2) is 20.9 Å². The lowest BCUT2D eigenvalue weighted by molar-refractivity contribution is 0.102. The van der Waals surface area contributed by atoms with Crippen LogP contribution in [0.4, 0.5) is 17.3 Å². The van der Waals surface area contributed by atoms with E-state index in [1.54, 1.807) is 54.6 Å². The average molecular weight is 481 g/mol. The Morgan fingerprint density at radius 3 is 2.37 bits per heavy atom. The molecule has 0 unspecified atom stereocenters. The second-order valence-corrected chi connectivity index (χ2v) is 8.12. The number of aromatic nitrogens is 3. The molecule has 35 heavy (non-hydrogen) atoms. The zero-order valence-electron chi connectivity index (χ0n) is 18.1. The minimum Gasteiger partial charge on any atom is -0.351 e. The van der Waals surface area contributed by atoms with E-state index in [9.17, 15) is 14.9 Å². The summed E-state index contributed by atoms with van der Waals surface area (Å²) in [7, 11) is 0. The molecule has 2 heterocycles. The van der Waals surface area contributed by atoms with Gasteiger partial charge in [-0.05, 0) is 48.5 Å². The summed E-state index contributed by atoms with van der Waals surface area (Å²) in [5.74, 6) is -0.0992. The van der Waals surface area contributed by atoms with Crippen LogP contribution in [0.2, 0.25) is 5.02 Å². The molecule has 0 saturated heterocycles. The Morgan fingerprint density at radius 2 is 1.66 bits per heavy atom. The summed E-state index contributed by atoms with van der Waals surface area (Å²) in [6, 6.07) is 25.0. The highest BCUT2D eigenvalue weighted by Gasteiger charge is 2.15.